The van der Waals surface area contributed by atoms with Crippen LogP contribution in [0.3, 0.4) is 0 Å². The number of anilines is 1. The van der Waals surface area contributed by atoms with Crippen molar-refractivity contribution in [1.29, 1.82) is 0 Å². The van der Waals surface area contributed by atoms with Crippen LogP contribution in [0.4, 0.5) is 5.69 Å². The quantitative estimate of drug-likeness (QED) is 0.729. The number of ether oxygens (including phenoxy) is 1. The molecule has 0 aliphatic carbocycles. The highest BCUT2D eigenvalue weighted by atomic mass is 32.1. The molecule has 1 aromatic heterocycles. The molecule has 1 N–H and O–H groups in total. The maximum absolute atomic E-state index is 12.4. The van der Waals surface area contributed by atoms with Crippen LogP contribution in [0.1, 0.15) is 28.3 Å². The third-order valence-electron chi connectivity index (χ3n) is 3.72. The molecular formula is C19H18N2O2S. The molecule has 2 aromatic carbocycles. The topological polar surface area (TPSA) is 51.2 Å². The van der Waals surface area contributed by atoms with Gasteiger partial charge in [-0.15, -0.1) is 11.3 Å². The molecule has 0 saturated heterocycles. The first-order chi connectivity index (χ1) is 11.7. The summed E-state index contributed by atoms with van der Waals surface area (Å²) in [6, 6.07) is 17.5. The van der Waals surface area contributed by atoms with Crippen LogP contribution < -0.4 is 5.32 Å². The smallest absolute Gasteiger partial charge is 0.267 e. The van der Waals surface area contributed by atoms with Crippen LogP contribution in [-0.2, 0) is 4.74 Å². The highest BCUT2D eigenvalue weighted by Gasteiger charge is 2.13. The molecule has 0 aliphatic heterocycles. The first-order valence-electron chi connectivity index (χ1n) is 7.62. The highest BCUT2D eigenvalue weighted by Crippen LogP contribution is 2.26. The van der Waals surface area contributed by atoms with Crippen molar-refractivity contribution in [1.82, 2.24) is 4.98 Å². The number of amides is 1. The molecule has 4 nitrogen and oxygen atoms in total. The van der Waals surface area contributed by atoms with Crippen molar-refractivity contribution in [2.45, 2.75) is 13.0 Å². The summed E-state index contributed by atoms with van der Waals surface area (Å²) in [6.45, 7) is 1.97. The number of methoxy groups -OCH3 is 1. The minimum Gasteiger partial charge on any atom is -0.377 e. The molecule has 0 radical (unpaired) electrons. The van der Waals surface area contributed by atoms with Gasteiger partial charge in [0.15, 0.2) is 0 Å². The molecule has 0 unspecified atom stereocenters. The molecule has 3 aromatic rings. The Morgan fingerprint density at radius 3 is 2.71 bits per heavy atom. The Bertz CT molecular complexity index is 830. The average Bonchev–Trinajstić information content (AvgIpc) is 3.12. The van der Waals surface area contributed by atoms with E-state index in [1.165, 1.54) is 11.3 Å². The van der Waals surface area contributed by atoms with Gasteiger partial charge in [0.05, 0.1) is 12.3 Å². The first kappa shape index (κ1) is 16.4. The van der Waals surface area contributed by atoms with E-state index in [0.29, 0.717) is 4.88 Å². The van der Waals surface area contributed by atoms with Gasteiger partial charge in [0.25, 0.3) is 5.91 Å². The Hall–Kier alpha value is -2.50. The average molecular weight is 338 g/mol. The lowest BCUT2D eigenvalue weighted by molar-refractivity contribution is 0.103. The van der Waals surface area contributed by atoms with Crippen LogP contribution in [-0.4, -0.2) is 18.0 Å². The van der Waals surface area contributed by atoms with E-state index in [2.05, 4.69) is 10.3 Å². The fraction of sp³-hybridized carbons (Fsp3) is 0.158. The third-order valence-corrected chi connectivity index (χ3v) is 4.76. The summed E-state index contributed by atoms with van der Waals surface area (Å²) in [5.74, 6) is -0.156. The van der Waals surface area contributed by atoms with Gasteiger partial charge in [-0.25, -0.2) is 4.98 Å². The van der Waals surface area contributed by atoms with Crippen molar-refractivity contribution in [3.8, 4) is 10.6 Å². The predicted molar refractivity (Wildman–Crippen MR) is 97.4 cm³/mol. The second kappa shape index (κ2) is 7.38. The Labute approximate surface area is 145 Å². The second-order valence-electron chi connectivity index (χ2n) is 5.35. The highest BCUT2D eigenvalue weighted by molar-refractivity contribution is 7.17. The molecule has 1 atom stereocenters. The largest absolute Gasteiger partial charge is 0.377 e. The summed E-state index contributed by atoms with van der Waals surface area (Å²) in [5, 5.41) is 3.75. The van der Waals surface area contributed by atoms with E-state index in [1.807, 2.05) is 61.5 Å². The van der Waals surface area contributed by atoms with E-state index in [9.17, 15) is 4.79 Å². The number of carbonyl (C=O) groups is 1. The van der Waals surface area contributed by atoms with E-state index in [4.69, 9.17) is 4.74 Å². The first-order valence-corrected chi connectivity index (χ1v) is 8.44. The molecule has 0 spiro atoms. The van der Waals surface area contributed by atoms with E-state index < -0.39 is 0 Å². The summed E-state index contributed by atoms with van der Waals surface area (Å²) in [4.78, 5) is 17.4. The Morgan fingerprint density at radius 1 is 1.17 bits per heavy atom. The standard InChI is InChI=1S/C19H18N2O2S/c1-13(23-2)15-9-6-10-16(11-15)21-18(22)17-12-20-19(24-17)14-7-4-3-5-8-14/h3-13H,1-2H3,(H,21,22)/t13-/m1/s1. The van der Waals surface area contributed by atoms with Gasteiger partial charge >= 0.3 is 0 Å². The number of carbonyl (C=O) groups excluding carboxylic acids is 1. The molecule has 24 heavy (non-hydrogen) atoms. The predicted octanol–water partition coefficient (Wildman–Crippen LogP) is 4.77. The number of nitrogens with zero attached hydrogens (tertiary/aromatic N) is 1. The summed E-state index contributed by atoms with van der Waals surface area (Å²) < 4.78 is 5.31. The maximum Gasteiger partial charge on any atom is 0.267 e. The molecule has 122 valence electrons. The van der Waals surface area contributed by atoms with Gasteiger partial charge in [0, 0.05) is 18.4 Å². The fourth-order valence-corrected chi connectivity index (χ4v) is 3.11. The second-order valence-corrected chi connectivity index (χ2v) is 6.38. The van der Waals surface area contributed by atoms with E-state index in [1.54, 1.807) is 13.3 Å². The lowest BCUT2D eigenvalue weighted by Crippen LogP contribution is -2.10. The maximum atomic E-state index is 12.4. The van der Waals surface area contributed by atoms with Gasteiger partial charge in [0.2, 0.25) is 0 Å². The molecule has 0 saturated carbocycles. The van der Waals surface area contributed by atoms with Crippen LogP contribution in [0.5, 0.6) is 0 Å². The van der Waals surface area contributed by atoms with E-state index in [-0.39, 0.29) is 12.0 Å². The van der Waals surface area contributed by atoms with Crippen molar-refractivity contribution in [3.63, 3.8) is 0 Å². The van der Waals surface area contributed by atoms with Crippen LogP contribution in [0, 0.1) is 0 Å². The van der Waals surface area contributed by atoms with Crippen LogP contribution in [0.25, 0.3) is 10.6 Å². The fourth-order valence-electron chi connectivity index (χ4n) is 2.29. The summed E-state index contributed by atoms with van der Waals surface area (Å²) in [5.41, 5.74) is 2.78. The van der Waals surface area contributed by atoms with Gasteiger partial charge in [-0.05, 0) is 24.6 Å². The zero-order chi connectivity index (χ0) is 16.9. The summed E-state index contributed by atoms with van der Waals surface area (Å²) in [6.07, 6.45) is 1.60. The Kier molecular flexibility index (Phi) is 5.03. The summed E-state index contributed by atoms with van der Waals surface area (Å²) >= 11 is 1.38. The van der Waals surface area contributed by atoms with Crippen LogP contribution in [0.15, 0.2) is 60.8 Å². The SMILES string of the molecule is CO[C@H](C)c1cccc(NC(=O)c2cnc(-c3ccccc3)s2)c1. The number of hydrogen-bond donors (Lipinski definition) is 1. The minimum absolute atomic E-state index is 0.0186. The van der Waals surface area contributed by atoms with Gasteiger partial charge in [0.1, 0.15) is 9.88 Å². The van der Waals surface area contributed by atoms with Crippen molar-refractivity contribution < 1.29 is 9.53 Å². The van der Waals surface area contributed by atoms with Crippen molar-refractivity contribution in [2.75, 3.05) is 12.4 Å². The molecular weight excluding hydrogens is 320 g/mol. The van der Waals surface area contributed by atoms with Gasteiger partial charge < -0.3 is 10.1 Å². The third kappa shape index (κ3) is 3.69. The minimum atomic E-state index is -0.156. The number of nitrogens with one attached hydrogen (secondary N) is 1. The summed E-state index contributed by atoms with van der Waals surface area (Å²) in [7, 11) is 1.67. The monoisotopic (exact) mass is 338 g/mol. The van der Waals surface area contributed by atoms with Gasteiger partial charge in [-0.3, -0.25) is 4.79 Å². The molecule has 1 heterocycles. The Morgan fingerprint density at radius 2 is 1.96 bits per heavy atom. The van der Waals surface area contributed by atoms with Crippen molar-refractivity contribution in [3.05, 3.63) is 71.2 Å². The molecule has 0 fully saturated rings. The molecule has 3 rings (SSSR count). The number of benzene rings is 2. The zero-order valence-electron chi connectivity index (χ0n) is 13.5. The number of hydrogen-bond acceptors (Lipinski definition) is 4. The van der Waals surface area contributed by atoms with E-state index >= 15 is 0 Å². The van der Waals surface area contributed by atoms with Gasteiger partial charge in [-0.1, -0.05) is 42.5 Å². The Balaban J connectivity index is 1.75. The lowest BCUT2D eigenvalue weighted by atomic mass is 10.1. The number of rotatable bonds is 5. The van der Waals surface area contributed by atoms with E-state index in [0.717, 1.165) is 21.8 Å². The molecule has 0 bridgehead atoms. The number of thiazole rings is 1. The molecule has 1 amide bonds. The lowest BCUT2D eigenvalue weighted by Gasteiger charge is -2.11. The molecule has 0 aliphatic rings. The zero-order valence-corrected chi connectivity index (χ0v) is 14.3. The normalized spacial score (nSPS) is 11.9. The van der Waals surface area contributed by atoms with Crippen LogP contribution in [0.2, 0.25) is 0 Å². The molecule has 5 heteroatoms. The number of aromatic nitrogens is 1. The van der Waals surface area contributed by atoms with Crippen molar-refractivity contribution in [2.24, 2.45) is 0 Å². The van der Waals surface area contributed by atoms with Crippen LogP contribution >= 0.6 is 11.3 Å². The van der Waals surface area contributed by atoms with Gasteiger partial charge in [-0.2, -0.15) is 0 Å². The van der Waals surface area contributed by atoms with Crippen molar-refractivity contribution >= 4 is 22.9 Å².